The number of cyclic esters (lactones) is 1. The molecule has 0 unspecified atom stereocenters. The van der Waals surface area contributed by atoms with Crippen LogP contribution in [0.1, 0.15) is 26.3 Å². The Kier molecular flexibility index (Phi) is 4.85. The monoisotopic (exact) mass is 293 g/mol. The lowest BCUT2D eigenvalue weighted by Crippen LogP contribution is -2.51. The Morgan fingerprint density at radius 2 is 2.05 bits per heavy atom. The summed E-state index contributed by atoms with van der Waals surface area (Å²) in [7, 11) is 0. The van der Waals surface area contributed by atoms with Gasteiger partial charge in [-0.1, -0.05) is 51.1 Å². The Morgan fingerprint density at radius 1 is 1.38 bits per heavy atom. The van der Waals surface area contributed by atoms with E-state index in [2.05, 4.69) is 5.32 Å². The molecule has 1 fully saturated rings. The number of alkyl carbamates (subject to hydrolysis) is 1. The smallest absolute Gasteiger partial charge is 0.407 e. The van der Waals surface area contributed by atoms with Crippen LogP contribution in [0.3, 0.4) is 0 Å². The molecule has 5 heteroatoms. The molecular formula is C16H23NO4. The summed E-state index contributed by atoms with van der Waals surface area (Å²) in [5.74, 6) is 0. The van der Waals surface area contributed by atoms with Crippen LogP contribution in [0.5, 0.6) is 0 Å². The van der Waals surface area contributed by atoms with Gasteiger partial charge in [-0.05, 0) is 11.0 Å². The molecule has 2 rings (SSSR count). The van der Waals surface area contributed by atoms with E-state index in [4.69, 9.17) is 9.47 Å². The molecule has 1 heterocycles. The number of rotatable bonds is 5. The van der Waals surface area contributed by atoms with Crippen molar-refractivity contribution in [3.8, 4) is 0 Å². The zero-order valence-corrected chi connectivity index (χ0v) is 12.7. The summed E-state index contributed by atoms with van der Waals surface area (Å²) in [5, 5.41) is 13.1. The number of aliphatic hydroxyl groups is 1. The van der Waals surface area contributed by atoms with Crippen LogP contribution >= 0.6 is 0 Å². The highest BCUT2D eigenvalue weighted by atomic mass is 16.6. The topological polar surface area (TPSA) is 67.8 Å². The van der Waals surface area contributed by atoms with E-state index in [1.807, 2.05) is 51.1 Å². The van der Waals surface area contributed by atoms with E-state index in [1.165, 1.54) is 0 Å². The van der Waals surface area contributed by atoms with Gasteiger partial charge in [-0.15, -0.1) is 0 Å². The maximum Gasteiger partial charge on any atom is 0.407 e. The van der Waals surface area contributed by atoms with Crippen molar-refractivity contribution < 1.29 is 19.4 Å². The van der Waals surface area contributed by atoms with Crippen LogP contribution < -0.4 is 5.32 Å². The third kappa shape index (κ3) is 4.19. The van der Waals surface area contributed by atoms with Crippen molar-refractivity contribution in [2.24, 2.45) is 5.41 Å². The second kappa shape index (κ2) is 6.45. The van der Waals surface area contributed by atoms with E-state index in [0.29, 0.717) is 6.61 Å². The number of hydrogen-bond acceptors (Lipinski definition) is 4. The summed E-state index contributed by atoms with van der Waals surface area (Å²) in [6.45, 7) is 6.60. The van der Waals surface area contributed by atoms with Gasteiger partial charge in [0.25, 0.3) is 0 Å². The molecule has 0 aliphatic carbocycles. The Balaban J connectivity index is 2.02. The Bertz CT molecular complexity index is 469. The Morgan fingerprint density at radius 3 is 2.57 bits per heavy atom. The van der Waals surface area contributed by atoms with Crippen molar-refractivity contribution in [3.63, 3.8) is 0 Å². The minimum atomic E-state index is -0.819. The van der Waals surface area contributed by atoms with Crippen LogP contribution in [0, 0.1) is 5.41 Å². The van der Waals surface area contributed by atoms with Gasteiger partial charge < -0.3 is 19.9 Å². The highest BCUT2D eigenvalue weighted by molar-refractivity contribution is 5.69. The van der Waals surface area contributed by atoms with Crippen LogP contribution in [-0.2, 0) is 16.1 Å². The molecule has 5 nitrogen and oxygen atoms in total. The van der Waals surface area contributed by atoms with Crippen molar-refractivity contribution >= 4 is 6.09 Å². The maximum absolute atomic E-state index is 11.1. The standard InChI is InChI=1S/C16H23NO4/c1-16(2,3)14(13(18)12-10-21-15(19)17-12)20-9-11-7-5-4-6-8-11/h4-8,12-14,18H,9-10H2,1-3H3,(H,17,19)/t12-,13+,14+/m1/s1. The highest BCUT2D eigenvalue weighted by Crippen LogP contribution is 2.28. The molecule has 2 N–H and O–H groups in total. The fourth-order valence-electron chi connectivity index (χ4n) is 2.42. The summed E-state index contributed by atoms with van der Waals surface area (Å²) in [6.07, 6.45) is -1.72. The number of benzene rings is 1. The van der Waals surface area contributed by atoms with Gasteiger partial charge in [-0.3, -0.25) is 0 Å². The molecule has 0 radical (unpaired) electrons. The van der Waals surface area contributed by atoms with Gasteiger partial charge in [0.1, 0.15) is 12.7 Å². The summed E-state index contributed by atoms with van der Waals surface area (Å²) < 4.78 is 10.8. The zero-order valence-electron chi connectivity index (χ0n) is 12.7. The van der Waals surface area contributed by atoms with E-state index in [1.54, 1.807) is 0 Å². The molecule has 1 amide bonds. The van der Waals surface area contributed by atoms with Crippen LogP contribution in [0.4, 0.5) is 4.79 Å². The van der Waals surface area contributed by atoms with Crippen LogP contribution in [-0.4, -0.2) is 36.1 Å². The number of carbonyl (C=O) groups is 1. The van der Waals surface area contributed by atoms with E-state index < -0.39 is 24.3 Å². The Labute approximate surface area is 125 Å². The molecule has 116 valence electrons. The molecule has 1 saturated heterocycles. The minimum absolute atomic E-state index is 0.168. The normalized spacial score (nSPS) is 21.5. The number of aliphatic hydroxyl groups excluding tert-OH is 1. The van der Waals surface area contributed by atoms with Crippen molar-refractivity contribution in [1.82, 2.24) is 5.32 Å². The van der Waals surface area contributed by atoms with E-state index in [-0.39, 0.29) is 12.0 Å². The van der Waals surface area contributed by atoms with Gasteiger partial charge in [0.2, 0.25) is 0 Å². The predicted octanol–water partition coefficient (Wildman–Crippen LogP) is 2.09. The third-order valence-corrected chi connectivity index (χ3v) is 3.55. The summed E-state index contributed by atoms with van der Waals surface area (Å²) in [6, 6.07) is 9.38. The predicted molar refractivity (Wildman–Crippen MR) is 78.8 cm³/mol. The second-order valence-corrected chi connectivity index (χ2v) is 6.42. The van der Waals surface area contributed by atoms with Crippen LogP contribution in [0.25, 0.3) is 0 Å². The van der Waals surface area contributed by atoms with Crippen molar-refractivity contribution in [2.45, 2.75) is 45.6 Å². The fraction of sp³-hybridized carbons (Fsp3) is 0.562. The van der Waals surface area contributed by atoms with Gasteiger partial charge in [0.15, 0.2) is 0 Å². The van der Waals surface area contributed by atoms with Gasteiger partial charge in [0, 0.05) is 0 Å². The lowest BCUT2D eigenvalue weighted by molar-refractivity contribution is -0.109. The SMILES string of the molecule is CC(C)(C)[C@@H](OCc1ccccc1)[C@@H](O)[C@H]1COC(=O)N1. The molecule has 0 saturated carbocycles. The highest BCUT2D eigenvalue weighted by Gasteiger charge is 2.40. The first-order valence-corrected chi connectivity index (χ1v) is 7.15. The van der Waals surface area contributed by atoms with Crippen molar-refractivity contribution in [2.75, 3.05) is 6.61 Å². The lowest BCUT2D eigenvalue weighted by atomic mass is 9.83. The number of nitrogens with one attached hydrogen (secondary N) is 1. The van der Waals surface area contributed by atoms with E-state index >= 15 is 0 Å². The molecule has 0 aromatic heterocycles. The van der Waals surface area contributed by atoms with E-state index in [9.17, 15) is 9.90 Å². The van der Waals surface area contributed by atoms with Gasteiger partial charge in [-0.25, -0.2) is 4.79 Å². The second-order valence-electron chi connectivity index (χ2n) is 6.42. The fourth-order valence-corrected chi connectivity index (χ4v) is 2.42. The molecule has 0 spiro atoms. The molecule has 3 atom stereocenters. The minimum Gasteiger partial charge on any atom is -0.447 e. The maximum atomic E-state index is 11.1. The molecule has 0 bridgehead atoms. The van der Waals surface area contributed by atoms with Gasteiger partial charge in [-0.2, -0.15) is 0 Å². The molecule has 1 aliphatic rings. The molecule has 21 heavy (non-hydrogen) atoms. The van der Waals surface area contributed by atoms with Crippen LogP contribution in [0.2, 0.25) is 0 Å². The first-order valence-electron chi connectivity index (χ1n) is 7.15. The van der Waals surface area contributed by atoms with Crippen molar-refractivity contribution in [1.29, 1.82) is 0 Å². The average Bonchev–Trinajstić information content (AvgIpc) is 2.85. The Hall–Kier alpha value is -1.59. The first kappa shape index (κ1) is 15.8. The summed E-state index contributed by atoms with van der Waals surface area (Å²) >= 11 is 0. The summed E-state index contributed by atoms with van der Waals surface area (Å²) in [5.41, 5.74) is 0.785. The summed E-state index contributed by atoms with van der Waals surface area (Å²) in [4.78, 5) is 11.1. The van der Waals surface area contributed by atoms with Crippen LogP contribution in [0.15, 0.2) is 30.3 Å². The lowest BCUT2D eigenvalue weighted by Gasteiger charge is -2.36. The number of ether oxygens (including phenoxy) is 2. The largest absolute Gasteiger partial charge is 0.447 e. The number of amides is 1. The van der Waals surface area contributed by atoms with E-state index in [0.717, 1.165) is 5.56 Å². The van der Waals surface area contributed by atoms with Crippen molar-refractivity contribution in [3.05, 3.63) is 35.9 Å². The molecule has 1 aromatic carbocycles. The number of hydrogen-bond donors (Lipinski definition) is 2. The quantitative estimate of drug-likeness (QED) is 0.872. The molecule has 1 aromatic rings. The zero-order chi connectivity index (χ0) is 15.5. The third-order valence-electron chi connectivity index (χ3n) is 3.55. The molecular weight excluding hydrogens is 270 g/mol. The number of carbonyl (C=O) groups excluding carboxylic acids is 1. The van der Waals surface area contributed by atoms with Gasteiger partial charge >= 0.3 is 6.09 Å². The first-order chi connectivity index (χ1) is 9.88. The van der Waals surface area contributed by atoms with Gasteiger partial charge in [0.05, 0.1) is 18.8 Å². The average molecular weight is 293 g/mol. The molecule has 1 aliphatic heterocycles.